The topological polar surface area (TPSA) is 59.3 Å². The molecule has 0 aliphatic rings. The molecule has 0 aliphatic carbocycles. The highest BCUT2D eigenvalue weighted by Gasteiger charge is 2.16. The van der Waals surface area contributed by atoms with Crippen LogP contribution in [-0.2, 0) is 4.79 Å². The summed E-state index contributed by atoms with van der Waals surface area (Å²) in [6.45, 7) is 7.65. The van der Waals surface area contributed by atoms with Crippen LogP contribution in [0.25, 0.3) is 0 Å². The van der Waals surface area contributed by atoms with Crippen LogP contribution >= 0.6 is 11.3 Å². The number of nitrogens with one attached hydrogen (secondary N) is 1. The lowest BCUT2D eigenvalue weighted by molar-refractivity contribution is -0.121. The van der Waals surface area contributed by atoms with Gasteiger partial charge >= 0.3 is 0 Å². The number of Topliss-reactive ketones (excluding diaryl/α,β-unsaturated/α-hetero) is 1. The molecule has 1 unspecified atom stereocenters. The van der Waals surface area contributed by atoms with E-state index in [4.69, 9.17) is 4.42 Å². The van der Waals surface area contributed by atoms with Crippen LogP contribution in [0.5, 0.6) is 0 Å². The number of carbonyl (C=O) groups excluding carboxylic acids is 2. The highest BCUT2D eigenvalue weighted by atomic mass is 32.1. The lowest BCUT2D eigenvalue weighted by Crippen LogP contribution is -2.26. The molecule has 0 saturated heterocycles. The molecule has 1 atom stereocenters. The molecule has 0 saturated carbocycles. The summed E-state index contributed by atoms with van der Waals surface area (Å²) in [5.74, 6) is 1.43. The van der Waals surface area contributed by atoms with Gasteiger partial charge in [-0.05, 0) is 45.9 Å². The summed E-state index contributed by atoms with van der Waals surface area (Å²) in [5.41, 5.74) is 0.741. The van der Waals surface area contributed by atoms with Crippen molar-refractivity contribution in [1.29, 1.82) is 0 Å². The average Bonchev–Trinajstić information content (AvgIpc) is 3.02. The molecule has 2 aromatic rings. The molecule has 2 aromatic heterocycles. The molecule has 0 radical (unpaired) electrons. The second-order valence-electron chi connectivity index (χ2n) is 5.49. The van der Waals surface area contributed by atoms with Crippen LogP contribution in [0.3, 0.4) is 0 Å². The molecule has 2 heterocycles. The monoisotopic (exact) mass is 319 g/mol. The zero-order valence-corrected chi connectivity index (χ0v) is 14.2. The smallest absolute Gasteiger partial charge is 0.221 e. The maximum Gasteiger partial charge on any atom is 0.221 e. The van der Waals surface area contributed by atoms with E-state index in [-0.39, 0.29) is 30.6 Å². The fourth-order valence-electron chi connectivity index (χ4n) is 2.34. The SMILES string of the molecule is Cc1ccc(C(C)NC(=O)CCC(=O)c2cc(C)sc2C)o1. The number of hydrogen-bond acceptors (Lipinski definition) is 4. The third-order valence-corrected chi connectivity index (χ3v) is 4.45. The van der Waals surface area contributed by atoms with Gasteiger partial charge in [0, 0.05) is 28.2 Å². The molecule has 5 heteroatoms. The van der Waals surface area contributed by atoms with E-state index in [0.717, 1.165) is 26.8 Å². The van der Waals surface area contributed by atoms with Gasteiger partial charge in [0.25, 0.3) is 0 Å². The fourth-order valence-corrected chi connectivity index (χ4v) is 3.28. The van der Waals surface area contributed by atoms with Gasteiger partial charge in [-0.1, -0.05) is 0 Å². The minimum Gasteiger partial charge on any atom is -0.464 e. The van der Waals surface area contributed by atoms with Gasteiger partial charge in [-0.2, -0.15) is 0 Å². The van der Waals surface area contributed by atoms with Crippen LogP contribution < -0.4 is 5.32 Å². The first-order chi connectivity index (χ1) is 10.4. The third-order valence-electron chi connectivity index (χ3n) is 3.49. The molecular formula is C17H21NO3S. The molecule has 2 rings (SSSR count). The Labute approximate surface area is 134 Å². The Kier molecular flexibility index (Phi) is 5.19. The number of hydrogen-bond donors (Lipinski definition) is 1. The number of ketones is 1. The summed E-state index contributed by atoms with van der Waals surface area (Å²) < 4.78 is 5.48. The van der Waals surface area contributed by atoms with Crippen molar-refractivity contribution in [3.8, 4) is 0 Å². The van der Waals surface area contributed by atoms with Crippen molar-refractivity contribution in [2.75, 3.05) is 0 Å². The van der Waals surface area contributed by atoms with Crippen LogP contribution in [0, 0.1) is 20.8 Å². The van der Waals surface area contributed by atoms with Crippen LogP contribution in [0.1, 0.15) is 57.4 Å². The lowest BCUT2D eigenvalue weighted by Gasteiger charge is -2.11. The van der Waals surface area contributed by atoms with Gasteiger partial charge < -0.3 is 9.73 Å². The molecule has 118 valence electrons. The Bertz CT molecular complexity index is 684. The lowest BCUT2D eigenvalue weighted by atomic mass is 10.1. The van der Waals surface area contributed by atoms with Gasteiger partial charge in [0.15, 0.2) is 5.78 Å². The molecule has 0 aromatic carbocycles. The Morgan fingerprint density at radius 2 is 1.95 bits per heavy atom. The van der Waals surface area contributed by atoms with Crippen LogP contribution in [-0.4, -0.2) is 11.7 Å². The summed E-state index contributed by atoms with van der Waals surface area (Å²) in [5, 5.41) is 2.85. The Morgan fingerprint density at radius 3 is 2.50 bits per heavy atom. The first kappa shape index (κ1) is 16.5. The molecule has 22 heavy (non-hydrogen) atoms. The number of carbonyl (C=O) groups is 2. The number of rotatable bonds is 6. The second kappa shape index (κ2) is 6.92. The van der Waals surface area contributed by atoms with Gasteiger partial charge in [0.05, 0.1) is 6.04 Å². The van der Waals surface area contributed by atoms with Gasteiger partial charge in [-0.3, -0.25) is 9.59 Å². The largest absolute Gasteiger partial charge is 0.464 e. The third kappa shape index (κ3) is 4.07. The summed E-state index contributed by atoms with van der Waals surface area (Å²) in [7, 11) is 0. The van der Waals surface area contributed by atoms with Crippen LogP contribution in [0.15, 0.2) is 22.6 Å². The summed E-state index contributed by atoms with van der Waals surface area (Å²) in [6.07, 6.45) is 0.421. The number of thiophene rings is 1. The fraction of sp³-hybridized carbons (Fsp3) is 0.412. The normalized spacial score (nSPS) is 12.2. The number of furan rings is 1. The van der Waals surface area contributed by atoms with Crippen molar-refractivity contribution in [1.82, 2.24) is 5.32 Å². The maximum absolute atomic E-state index is 12.2. The van der Waals surface area contributed by atoms with Crippen LogP contribution in [0.4, 0.5) is 0 Å². The zero-order chi connectivity index (χ0) is 16.3. The van der Waals surface area contributed by atoms with E-state index in [0.29, 0.717) is 0 Å². The van der Waals surface area contributed by atoms with Crippen LogP contribution in [0.2, 0.25) is 0 Å². The van der Waals surface area contributed by atoms with Crippen molar-refractivity contribution >= 4 is 23.0 Å². The Balaban J connectivity index is 1.85. The first-order valence-corrected chi connectivity index (χ1v) is 8.14. The average molecular weight is 319 g/mol. The van der Waals surface area contributed by atoms with E-state index in [2.05, 4.69) is 5.32 Å². The Morgan fingerprint density at radius 1 is 1.23 bits per heavy atom. The van der Waals surface area contributed by atoms with Gasteiger partial charge in [-0.15, -0.1) is 11.3 Å². The van der Waals surface area contributed by atoms with Crippen molar-refractivity contribution in [3.63, 3.8) is 0 Å². The highest BCUT2D eigenvalue weighted by molar-refractivity contribution is 7.12. The number of aryl methyl sites for hydroxylation is 3. The van der Waals surface area contributed by atoms with E-state index >= 15 is 0 Å². The standard InChI is InChI=1S/C17H21NO3S/c1-10-5-7-16(21-10)12(3)18-17(20)8-6-15(19)14-9-11(2)22-13(14)4/h5,7,9,12H,6,8H2,1-4H3,(H,18,20). The highest BCUT2D eigenvalue weighted by Crippen LogP contribution is 2.22. The molecule has 0 spiro atoms. The van der Waals surface area contributed by atoms with E-state index < -0.39 is 0 Å². The van der Waals surface area contributed by atoms with Crippen molar-refractivity contribution < 1.29 is 14.0 Å². The van der Waals surface area contributed by atoms with E-state index in [1.165, 1.54) is 0 Å². The summed E-state index contributed by atoms with van der Waals surface area (Å²) >= 11 is 1.61. The van der Waals surface area contributed by atoms with Gasteiger partial charge in [-0.25, -0.2) is 0 Å². The predicted molar refractivity (Wildman–Crippen MR) is 87.4 cm³/mol. The van der Waals surface area contributed by atoms with Crippen molar-refractivity contribution in [3.05, 3.63) is 45.0 Å². The predicted octanol–water partition coefficient (Wildman–Crippen LogP) is 4.11. The van der Waals surface area contributed by atoms with Gasteiger partial charge in [0.2, 0.25) is 5.91 Å². The van der Waals surface area contributed by atoms with Crippen molar-refractivity contribution in [2.45, 2.75) is 46.6 Å². The molecule has 0 bridgehead atoms. The minimum absolute atomic E-state index is 0.0264. The van der Waals surface area contributed by atoms with E-state index in [1.807, 2.05) is 45.9 Å². The van der Waals surface area contributed by atoms with Gasteiger partial charge in [0.1, 0.15) is 11.5 Å². The molecule has 1 amide bonds. The molecular weight excluding hydrogens is 298 g/mol. The van der Waals surface area contributed by atoms with E-state index in [9.17, 15) is 9.59 Å². The van der Waals surface area contributed by atoms with Crippen molar-refractivity contribution in [2.24, 2.45) is 0 Å². The maximum atomic E-state index is 12.2. The second-order valence-corrected chi connectivity index (χ2v) is 6.95. The molecule has 0 aliphatic heterocycles. The molecule has 1 N–H and O–H groups in total. The molecule has 0 fully saturated rings. The quantitative estimate of drug-likeness (QED) is 0.815. The molecule has 4 nitrogen and oxygen atoms in total. The summed E-state index contributed by atoms with van der Waals surface area (Å²) in [4.78, 5) is 26.2. The van der Waals surface area contributed by atoms with E-state index in [1.54, 1.807) is 11.3 Å². The first-order valence-electron chi connectivity index (χ1n) is 7.32. The number of amides is 1. The minimum atomic E-state index is -0.193. The Hall–Kier alpha value is -1.88. The summed E-state index contributed by atoms with van der Waals surface area (Å²) in [6, 6.07) is 5.42. The zero-order valence-electron chi connectivity index (χ0n) is 13.4.